The van der Waals surface area contributed by atoms with Gasteiger partial charge in [0.2, 0.25) is 5.91 Å². The molecular formula is C31H34BrN3O2S. The summed E-state index contributed by atoms with van der Waals surface area (Å²) in [5.41, 5.74) is 3.01. The number of para-hydroxylation sites is 1. The average Bonchev–Trinajstić information content (AvgIpc) is 2.92. The van der Waals surface area contributed by atoms with Gasteiger partial charge in [-0.3, -0.25) is 19.4 Å². The van der Waals surface area contributed by atoms with Gasteiger partial charge in [0, 0.05) is 29.0 Å². The SMILES string of the molecule is CCCCN(CCCNC(=O)CN1C(=O)/C(=C\c2cccc(Br)c2)Sc2ccccc21)Cc1ccccc1. The fourth-order valence-corrected chi connectivity index (χ4v) is 5.87. The van der Waals surface area contributed by atoms with Crippen molar-refractivity contribution in [3.05, 3.63) is 99.4 Å². The molecule has 0 atom stereocenters. The number of carbonyl (C=O) groups excluding carboxylic acids is 2. The first-order valence-electron chi connectivity index (χ1n) is 13.1. The van der Waals surface area contributed by atoms with Crippen LogP contribution in [0.1, 0.15) is 37.3 Å². The first kappa shape index (κ1) is 28.1. The predicted octanol–water partition coefficient (Wildman–Crippen LogP) is 6.74. The zero-order chi connectivity index (χ0) is 26.7. The quantitative estimate of drug-likeness (QED) is 0.187. The molecule has 198 valence electrons. The maximum Gasteiger partial charge on any atom is 0.265 e. The third-order valence-corrected chi connectivity index (χ3v) is 7.90. The van der Waals surface area contributed by atoms with E-state index in [1.165, 1.54) is 17.3 Å². The highest BCUT2D eigenvalue weighted by Gasteiger charge is 2.30. The molecule has 2 amide bonds. The lowest BCUT2D eigenvalue weighted by molar-refractivity contribution is -0.122. The normalized spacial score (nSPS) is 14.1. The predicted molar refractivity (Wildman–Crippen MR) is 161 cm³/mol. The summed E-state index contributed by atoms with van der Waals surface area (Å²) in [6, 6.07) is 26.1. The molecule has 1 aliphatic heterocycles. The number of thioether (sulfide) groups is 1. The second-order valence-electron chi connectivity index (χ2n) is 9.34. The van der Waals surface area contributed by atoms with Crippen molar-refractivity contribution in [2.24, 2.45) is 0 Å². The van der Waals surface area contributed by atoms with Crippen LogP contribution in [0.2, 0.25) is 0 Å². The number of benzene rings is 3. The number of carbonyl (C=O) groups is 2. The molecule has 1 heterocycles. The minimum absolute atomic E-state index is 0.00417. The van der Waals surface area contributed by atoms with Crippen molar-refractivity contribution in [2.45, 2.75) is 37.6 Å². The Morgan fingerprint density at radius 3 is 2.55 bits per heavy atom. The summed E-state index contributed by atoms with van der Waals surface area (Å²) < 4.78 is 0.953. The molecule has 3 aromatic carbocycles. The molecule has 0 aliphatic carbocycles. The van der Waals surface area contributed by atoms with E-state index in [9.17, 15) is 9.59 Å². The van der Waals surface area contributed by atoms with Crippen LogP contribution in [-0.4, -0.2) is 42.9 Å². The summed E-state index contributed by atoms with van der Waals surface area (Å²) in [4.78, 5) is 32.0. The number of unbranched alkanes of at least 4 members (excludes halogenated alkanes) is 1. The smallest absolute Gasteiger partial charge is 0.265 e. The van der Waals surface area contributed by atoms with Crippen molar-refractivity contribution in [3.8, 4) is 0 Å². The monoisotopic (exact) mass is 591 g/mol. The van der Waals surface area contributed by atoms with E-state index in [1.807, 2.05) is 60.7 Å². The van der Waals surface area contributed by atoms with Crippen LogP contribution < -0.4 is 10.2 Å². The molecule has 0 saturated carbocycles. The molecule has 0 spiro atoms. The number of halogens is 1. The zero-order valence-corrected chi connectivity index (χ0v) is 24.1. The van der Waals surface area contributed by atoms with Crippen molar-refractivity contribution < 1.29 is 9.59 Å². The lowest BCUT2D eigenvalue weighted by atomic mass is 10.2. The number of nitrogens with one attached hydrogen (secondary N) is 1. The van der Waals surface area contributed by atoms with Gasteiger partial charge in [0.25, 0.3) is 5.91 Å². The summed E-state index contributed by atoms with van der Waals surface area (Å²) in [5, 5.41) is 3.04. The van der Waals surface area contributed by atoms with Crippen molar-refractivity contribution in [1.29, 1.82) is 0 Å². The summed E-state index contributed by atoms with van der Waals surface area (Å²) in [6.45, 7) is 5.66. The van der Waals surface area contributed by atoms with Crippen LogP contribution in [0.4, 0.5) is 5.69 Å². The van der Waals surface area contributed by atoms with Crippen LogP contribution in [0.15, 0.2) is 93.1 Å². The lowest BCUT2D eigenvalue weighted by Gasteiger charge is -2.30. The number of rotatable bonds is 12. The Morgan fingerprint density at radius 2 is 1.76 bits per heavy atom. The van der Waals surface area contributed by atoms with Gasteiger partial charge in [0.15, 0.2) is 0 Å². The van der Waals surface area contributed by atoms with Gasteiger partial charge in [-0.1, -0.05) is 95.6 Å². The molecule has 0 unspecified atom stereocenters. The van der Waals surface area contributed by atoms with Gasteiger partial charge in [0.05, 0.1) is 10.6 Å². The maximum absolute atomic E-state index is 13.4. The first-order chi connectivity index (χ1) is 18.5. The summed E-state index contributed by atoms with van der Waals surface area (Å²) in [7, 11) is 0. The summed E-state index contributed by atoms with van der Waals surface area (Å²) in [6.07, 6.45) is 5.06. The molecule has 5 nitrogen and oxygen atoms in total. The Morgan fingerprint density at radius 1 is 1.00 bits per heavy atom. The number of fused-ring (bicyclic) bond motifs is 1. The highest BCUT2D eigenvalue weighted by atomic mass is 79.9. The van der Waals surface area contributed by atoms with Crippen molar-refractivity contribution in [2.75, 3.05) is 31.1 Å². The van der Waals surface area contributed by atoms with Crippen LogP contribution in [0.25, 0.3) is 6.08 Å². The van der Waals surface area contributed by atoms with Crippen LogP contribution in [0.3, 0.4) is 0 Å². The Labute approximate surface area is 238 Å². The fourth-order valence-electron chi connectivity index (χ4n) is 4.39. The van der Waals surface area contributed by atoms with Gasteiger partial charge in [-0.25, -0.2) is 0 Å². The number of hydrogen-bond donors (Lipinski definition) is 1. The van der Waals surface area contributed by atoms with E-state index in [4.69, 9.17) is 0 Å². The number of nitrogens with zero attached hydrogens (tertiary/aromatic N) is 2. The average molecular weight is 593 g/mol. The van der Waals surface area contributed by atoms with E-state index in [0.717, 1.165) is 59.5 Å². The Kier molecular flexibility index (Phi) is 10.6. The summed E-state index contributed by atoms with van der Waals surface area (Å²) in [5.74, 6) is -0.303. The summed E-state index contributed by atoms with van der Waals surface area (Å²) >= 11 is 4.94. The van der Waals surface area contributed by atoms with Gasteiger partial charge in [-0.15, -0.1) is 0 Å². The highest BCUT2D eigenvalue weighted by Crippen LogP contribution is 2.42. The number of anilines is 1. The van der Waals surface area contributed by atoms with Crippen LogP contribution in [0, 0.1) is 0 Å². The van der Waals surface area contributed by atoms with Gasteiger partial charge in [-0.2, -0.15) is 0 Å². The molecule has 0 bridgehead atoms. The van der Waals surface area contributed by atoms with E-state index < -0.39 is 0 Å². The molecule has 3 aromatic rings. The number of amides is 2. The molecule has 0 aromatic heterocycles. The molecule has 1 N–H and O–H groups in total. The Balaban J connectivity index is 1.35. The first-order valence-corrected chi connectivity index (χ1v) is 14.7. The van der Waals surface area contributed by atoms with E-state index in [2.05, 4.69) is 57.3 Å². The van der Waals surface area contributed by atoms with E-state index >= 15 is 0 Å². The maximum atomic E-state index is 13.4. The molecule has 38 heavy (non-hydrogen) atoms. The standard InChI is InChI=1S/C31H34BrN3O2S/c1-2-3-18-34(22-24-11-5-4-6-12-24)19-10-17-33-30(36)23-35-27-15-7-8-16-28(27)38-29(31(35)37)21-25-13-9-14-26(32)20-25/h4-9,11-16,20-21H,2-3,10,17-19,22-23H2,1H3,(H,33,36)/b29-21+. The third kappa shape index (κ3) is 8.06. The lowest BCUT2D eigenvalue weighted by Crippen LogP contribution is -2.43. The van der Waals surface area contributed by atoms with Gasteiger partial charge in [0.1, 0.15) is 6.54 Å². The fraction of sp³-hybridized carbons (Fsp3) is 0.290. The van der Waals surface area contributed by atoms with Gasteiger partial charge >= 0.3 is 0 Å². The van der Waals surface area contributed by atoms with Crippen molar-refractivity contribution in [3.63, 3.8) is 0 Å². The number of hydrogen-bond acceptors (Lipinski definition) is 4. The Hall–Kier alpha value is -2.87. The minimum atomic E-state index is -0.155. The molecule has 0 fully saturated rings. The largest absolute Gasteiger partial charge is 0.355 e. The van der Waals surface area contributed by atoms with Gasteiger partial charge in [-0.05, 0) is 60.9 Å². The van der Waals surface area contributed by atoms with E-state index in [0.29, 0.717) is 11.4 Å². The highest BCUT2D eigenvalue weighted by molar-refractivity contribution is 9.10. The molecule has 1 aliphatic rings. The van der Waals surface area contributed by atoms with Crippen LogP contribution in [0.5, 0.6) is 0 Å². The zero-order valence-electron chi connectivity index (χ0n) is 21.7. The third-order valence-electron chi connectivity index (χ3n) is 6.33. The topological polar surface area (TPSA) is 52.7 Å². The molecule has 7 heteroatoms. The molecule has 0 saturated heterocycles. The van der Waals surface area contributed by atoms with Gasteiger partial charge < -0.3 is 5.32 Å². The Bertz CT molecular complexity index is 1260. The van der Waals surface area contributed by atoms with E-state index in [1.54, 1.807) is 4.90 Å². The molecular weight excluding hydrogens is 558 g/mol. The van der Waals surface area contributed by atoms with Crippen LogP contribution >= 0.6 is 27.7 Å². The second-order valence-corrected chi connectivity index (χ2v) is 11.3. The van der Waals surface area contributed by atoms with Crippen LogP contribution in [-0.2, 0) is 16.1 Å². The molecule has 0 radical (unpaired) electrons. The van der Waals surface area contributed by atoms with E-state index in [-0.39, 0.29) is 18.4 Å². The van der Waals surface area contributed by atoms with Crippen molar-refractivity contribution in [1.82, 2.24) is 10.2 Å². The van der Waals surface area contributed by atoms with Crippen molar-refractivity contribution >= 4 is 51.3 Å². The second kappa shape index (κ2) is 14.3. The minimum Gasteiger partial charge on any atom is -0.355 e. The molecule has 4 rings (SSSR count).